The minimum atomic E-state index is -1.19. The first-order chi connectivity index (χ1) is 17.6. The van der Waals surface area contributed by atoms with Crippen molar-refractivity contribution in [1.82, 2.24) is 20.4 Å². The summed E-state index contributed by atoms with van der Waals surface area (Å²) in [5.41, 5.74) is 1.23. The van der Waals surface area contributed by atoms with Gasteiger partial charge in [-0.25, -0.2) is 9.59 Å². The number of amides is 4. The lowest BCUT2D eigenvalue weighted by molar-refractivity contribution is 0.0185. The van der Waals surface area contributed by atoms with Crippen LogP contribution in [0.2, 0.25) is 0 Å². The SMILES string of the molecule is O=C1N[C@@]2(c3ccccc3)N(Cc3ccccc3)C(=O)N[C@@]2(c2ccccc2)N1Cc1ccccc1. The first-order valence-electron chi connectivity index (χ1n) is 12.0. The molecule has 0 aromatic heterocycles. The molecular weight excluding hydrogens is 448 g/mol. The van der Waals surface area contributed by atoms with Crippen LogP contribution in [0.4, 0.5) is 9.59 Å². The number of rotatable bonds is 6. The summed E-state index contributed by atoms with van der Waals surface area (Å²) in [7, 11) is 0. The molecule has 4 aromatic rings. The Bertz CT molecular complexity index is 1270. The highest BCUT2D eigenvalue weighted by Gasteiger charge is 2.73. The van der Waals surface area contributed by atoms with E-state index in [-0.39, 0.29) is 12.1 Å². The normalized spacial score (nSPS) is 22.8. The van der Waals surface area contributed by atoms with Crippen molar-refractivity contribution in [3.05, 3.63) is 144 Å². The van der Waals surface area contributed by atoms with Crippen molar-refractivity contribution in [3.8, 4) is 0 Å². The standard InChI is InChI=1S/C30H26N4O2/c35-27-31-30(26-19-11-4-12-20-26)29(25-17-9-3-10-18-25,33(27)21-23-13-5-1-6-14-23)32-28(36)34(30)22-24-15-7-2-8-16-24/h1-20H,21-22H2,(H,31,35)(H,32,36)/t29-,30-/m0/s1. The fourth-order valence-corrected chi connectivity index (χ4v) is 5.60. The monoisotopic (exact) mass is 474 g/mol. The van der Waals surface area contributed by atoms with Crippen LogP contribution in [0.15, 0.2) is 121 Å². The van der Waals surface area contributed by atoms with E-state index in [1.807, 2.05) is 121 Å². The molecule has 2 heterocycles. The van der Waals surface area contributed by atoms with Crippen LogP contribution in [0, 0.1) is 0 Å². The summed E-state index contributed by atoms with van der Waals surface area (Å²) < 4.78 is 0. The maximum absolute atomic E-state index is 13.9. The molecule has 4 amide bonds. The Balaban J connectivity index is 1.60. The molecule has 6 nitrogen and oxygen atoms in total. The third-order valence-corrected chi connectivity index (χ3v) is 7.15. The predicted molar refractivity (Wildman–Crippen MR) is 137 cm³/mol. The fourth-order valence-electron chi connectivity index (χ4n) is 5.60. The minimum absolute atomic E-state index is 0.246. The molecular formula is C30H26N4O2. The van der Waals surface area contributed by atoms with Crippen LogP contribution in [0.1, 0.15) is 22.3 Å². The zero-order valence-electron chi connectivity index (χ0n) is 19.7. The van der Waals surface area contributed by atoms with E-state index >= 15 is 0 Å². The highest BCUT2D eigenvalue weighted by Crippen LogP contribution is 2.54. The second kappa shape index (κ2) is 8.57. The summed E-state index contributed by atoms with van der Waals surface area (Å²) in [6.07, 6.45) is 0. The Morgan fingerprint density at radius 1 is 0.472 bits per heavy atom. The molecule has 2 aliphatic heterocycles. The number of hydrogen-bond acceptors (Lipinski definition) is 2. The quantitative estimate of drug-likeness (QED) is 0.406. The van der Waals surface area contributed by atoms with Gasteiger partial charge >= 0.3 is 12.1 Å². The molecule has 0 aliphatic carbocycles. The number of carbonyl (C=O) groups is 2. The van der Waals surface area contributed by atoms with E-state index in [9.17, 15) is 9.59 Å². The number of urea groups is 2. The Kier molecular flexibility index (Phi) is 5.22. The van der Waals surface area contributed by atoms with Crippen LogP contribution in [0.5, 0.6) is 0 Å². The van der Waals surface area contributed by atoms with Gasteiger partial charge in [0.25, 0.3) is 0 Å². The van der Waals surface area contributed by atoms with Gasteiger partial charge in [0.05, 0.1) is 13.1 Å². The molecule has 4 aromatic carbocycles. The Morgan fingerprint density at radius 3 is 1.11 bits per heavy atom. The molecule has 2 aliphatic rings. The number of benzene rings is 4. The topological polar surface area (TPSA) is 64.7 Å². The van der Waals surface area contributed by atoms with E-state index in [2.05, 4.69) is 10.6 Å². The predicted octanol–water partition coefficient (Wildman–Crippen LogP) is 5.14. The van der Waals surface area contributed by atoms with Crippen molar-refractivity contribution < 1.29 is 9.59 Å². The maximum atomic E-state index is 13.9. The zero-order chi connectivity index (χ0) is 24.6. The largest absolute Gasteiger partial charge is 0.322 e. The van der Waals surface area contributed by atoms with Gasteiger partial charge in [-0.1, -0.05) is 121 Å². The average Bonchev–Trinajstić information content (AvgIpc) is 3.32. The van der Waals surface area contributed by atoms with E-state index < -0.39 is 11.3 Å². The highest BCUT2D eigenvalue weighted by molar-refractivity contribution is 5.89. The second-order valence-electron chi connectivity index (χ2n) is 9.16. The lowest BCUT2D eigenvalue weighted by Crippen LogP contribution is -2.62. The summed E-state index contributed by atoms with van der Waals surface area (Å²) in [6.45, 7) is 0.658. The van der Waals surface area contributed by atoms with E-state index in [0.29, 0.717) is 13.1 Å². The fraction of sp³-hybridized carbons (Fsp3) is 0.133. The molecule has 0 saturated carbocycles. The maximum Gasteiger partial charge on any atom is 0.322 e. The number of nitrogens with zero attached hydrogens (tertiary/aromatic N) is 2. The van der Waals surface area contributed by atoms with Gasteiger partial charge in [0.2, 0.25) is 0 Å². The van der Waals surface area contributed by atoms with Crippen LogP contribution in [0.3, 0.4) is 0 Å². The van der Waals surface area contributed by atoms with Gasteiger partial charge in [-0.3, -0.25) is 9.80 Å². The molecule has 6 heteroatoms. The summed E-state index contributed by atoms with van der Waals surface area (Å²) in [4.78, 5) is 31.3. The molecule has 2 N–H and O–H groups in total. The summed E-state index contributed by atoms with van der Waals surface area (Å²) >= 11 is 0. The van der Waals surface area contributed by atoms with Gasteiger partial charge < -0.3 is 10.6 Å². The smallest absolute Gasteiger partial charge is 0.307 e. The number of carbonyl (C=O) groups excluding carboxylic acids is 2. The Morgan fingerprint density at radius 2 is 0.778 bits per heavy atom. The van der Waals surface area contributed by atoms with E-state index in [1.54, 1.807) is 9.80 Å². The van der Waals surface area contributed by atoms with Gasteiger partial charge in [0.1, 0.15) is 0 Å². The molecule has 36 heavy (non-hydrogen) atoms. The minimum Gasteiger partial charge on any atom is -0.307 e. The van der Waals surface area contributed by atoms with Crippen LogP contribution in [-0.2, 0) is 24.4 Å². The molecule has 2 atom stereocenters. The summed E-state index contributed by atoms with van der Waals surface area (Å²) in [5, 5.41) is 6.57. The van der Waals surface area contributed by atoms with Gasteiger partial charge in [-0.15, -0.1) is 0 Å². The Labute approximate surface area is 210 Å². The van der Waals surface area contributed by atoms with Gasteiger partial charge in [-0.05, 0) is 11.1 Å². The first kappa shape index (κ1) is 21.9. The van der Waals surface area contributed by atoms with Crippen molar-refractivity contribution in [2.75, 3.05) is 0 Å². The number of fused-ring (bicyclic) bond motifs is 1. The van der Waals surface area contributed by atoms with Crippen LogP contribution in [0.25, 0.3) is 0 Å². The van der Waals surface area contributed by atoms with Crippen molar-refractivity contribution in [2.45, 2.75) is 24.4 Å². The highest BCUT2D eigenvalue weighted by atomic mass is 16.2. The second-order valence-corrected chi connectivity index (χ2v) is 9.16. The number of nitrogens with one attached hydrogen (secondary N) is 2. The molecule has 2 saturated heterocycles. The van der Waals surface area contributed by atoms with Crippen molar-refractivity contribution >= 4 is 12.1 Å². The van der Waals surface area contributed by atoms with E-state index in [4.69, 9.17) is 0 Å². The Hall–Kier alpha value is -4.58. The molecule has 0 spiro atoms. The van der Waals surface area contributed by atoms with E-state index in [1.165, 1.54) is 0 Å². The first-order valence-corrected chi connectivity index (χ1v) is 12.0. The average molecular weight is 475 g/mol. The molecule has 0 unspecified atom stereocenters. The lowest BCUT2D eigenvalue weighted by atomic mass is 9.81. The lowest BCUT2D eigenvalue weighted by Gasteiger charge is -2.45. The van der Waals surface area contributed by atoms with Crippen LogP contribution in [-0.4, -0.2) is 21.9 Å². The third-order valence-electron chi connectivity index (χ3n) is 7.15. The van der Waals surface area contributed by atoms with Crippen molar-refractivity contribution in [2.24, 2.45) is 0 Å². The van der Waals surface area contributed by atoms with Gasteiger partial charge in [-0.2, -0.15) is 0 Å². The molecule has 6 rings (SSSR count). The third kappa shape index (κ3) is 3.18. The molecule has 178 valence electrons. The van der Waals surface area contributed by atoms with Crippen molar-refractivity contribution in [1.29, 1.82) is 0 Å². The van der Waals surface area contributed by atoms with Crippen LogP contribution >= 0.6 is 0 Å². The number of hydrogen-bond donors (Lipinski definition) is 2. The summed E-state index contributed by atoms with van der Waals surface area (Å²) in [5.74, 6) is 0. The van der Waals surface area contributed by atoms with Gasteiger partial charge in [0, 0.05) is 11.1 Å². The van der Waals surface area contributed by atoms with Gasteiger partial charge in [0.15, 0.2) is 11.3 Å². The van der Waals surface area contributed by atoms with E-state index in [0.717, 1.165) is 22.3 Å². The molecule has 0 bridgehead atoms. The van der Waals surface area contributed by atoms with Crippen LogP contribution < -0.4 is 10.6 Å². The summed E-state index contributed by atoms with van der Waals surface area (Å²) in [6, 6.07) is 38.7. The molecule has 2 fully saturated rings. The zero-order valence-corrected chi connectivity index (χ0v) is 19.7. The molecule has 0 radical (unpaired) electrons. The van der Waals surface area contributed by atoms with Crippen molar-refractivity contribution in [3.63, 3.8) is 0 Å².